The Labute approximate surface area is 193 Å². The van der Waals surface area contributed by atoms with Crippen LogP contribution >= 0.6 is 23.4 Å². The first kappa shape index (κ1) is 20.7. The zero-order valence-corrected chi connectivity index (χ0v) is 19.9. The van der Waals surface area contributed by atoms with E-state index in [1.165, 1.54) is 22.5 Å². The number of thioether (sulfide) groups is 1. The lowest BCUT2D eigenvalue weighted by atomic mass is 9.95. The van der Waals surface area contributed by atoms with Gasteiger partial charge in [0.2, 0.25) is 0 Å². The Morgan fingerprint density at radius 2 is 1.97 bits per heavy atom. The van der Waals surface area contributed by atoms with E-state index in [2.05, 4.69) is 67.5 Å². The molecule has 0 saturated carbocycles. The molecule has 3 aromatic rings. The van der Waals surface area contributed by atoms with Crippen LogP contribution in [0.2, 0.25) is 5.02 Å². The molecule has 1 saturated heterocycles. The molecule has 31 heavy (non-hydrogen) atoms. The number of rotatable bonds is 4. The van der Waals surface area contributed by atoms with E-state index in [1.54, 1.807) is 0 Å². The van der Waals surface area contributed by atoms with Crippen LogP contribution in [0.25, 0.3) is 5.69 Å². The molecule has 2 aliphatic rings. The normalized spacial score (nSPS) is 22.7. The summed E-state index contributed by atoms with van der Waals surface area (Å²) in [7, 11) is 0. The molecule has 0 unspecified atom stereocenters. The third kappa shape index (κ3) is 3.39. The van der Waals surface area contributed by atoms with Gasteiger partial charge in [0.15, 0.2) is 5.17 Å². The molecule has 160 valence electrons. The first-order valence-corrected chi connectivity index (χ1v) is 12.2. The van der Waals surface area contributed by atoms with Gasteiger partial charge in [0.1, 0.15) is 6.04 Å². The Morgan fingerprint density at radius 1 is 1.13 bits per heavy atom. The number of nitrogens with zero attached hydrogens (tertiary/aromatic N) is 4. The summed E-state index contributed by atoms with van der Waals surface area (Å²) in [6.45, 7) is 8.82. The van der Waals surface area contributed by atoms with Crippen LogP contribution < -0.4 is 0 Å². The molecule has 0 radical (unpaired) electrons. The maximum Gasteiger partial charge on any atom is 0.160 e. The van der Waals surface area contributed by atoms with E-state index in [1.807, 2.05) is 30.1 Å². The average Bonchev–Trinajstić information content (AvgIpc) is 3.42. The van der Waals surface area contributed by atoms with Crippen molar-refractivity contribution >= 4 is 28.5 Å². The number of aryl methyl sites for hydroxylation is 2. The molecule has 6 heteroatoms. The third-order valence-electron chi connectivity index (χ3n) is 6.53. The number of hydrogen-bond acceptors (Lipinski definition) is 4. The summed E-state index contributed by atoms with van der Waals surface area (Å²) in [5.41, 5.74) is 7.18. The number of aliphatic imine (C=N–C) groups is 1. The van der Waals surface area contributed by atoms with Gasteiger partial charge in [-0.05, 0) is 68.7 Å². The Bertz CT molecular complexity index is 1150. The first-order valence-electron chi connectivity index (χ1n) is 10.8. The van der Waals surface area contributed by atoms with Crippen LogP contribution in [-0.4, -0.2) is 31.4 Å². The van der Waals surface area contributed by atoms with Gasteiger partial charge in [-0.2, -0.15) is 0 Å². The van der Waals surface area contributed by atoms with Gasteiger partial charge in [0.05, 0.1) is 11.7 Å². The molecule has 5 rings (SSSR count). The monoisotopic (exact) mass is 450 g/mol. The number of hydrogen-bond donors (Lipinski definition) is 0. The van der Waals surface area contributed by atoms with Crippen LogP contribution in [-0.2, 0) is 0 Å². The van der Waals surface area contributed by atoms with Gasteiger partial charge in [-0.25, -0.2) is 0 Å². The van der Waals surface area contributed by atoms with E-state index in [4.69, 9.17) is 21.6 Å². The smallest absolute Gasteiger partial charge is 0.160 e. The molecule has 1 fully saturated rings. The van der Waals surface area contributed by atoms with Crippen LogP contribution in [0.4, 0.5) is 0 Å². The van der Waals surface area contributed by atoms with Crippen molar-refractivity contribution in [2.45, 2.75) is 52.2 Å². The Balaban J connectivity index is 1.66. The summed E-state index contributed by atoms with van der Waals surface area (Å²) >= 11 is 8.25. The zero-order chi connectivity index (χ0) is 21.7. The van der Waals surface area contributed by atoms with Crippen molar-refractivity contribution in [1.29, 1.82) is 0 Å². The number of benzene rings is 1. The van der Waals surface area contributed by atoms with Crippen molar-refractivity contribution in [2.24, 2.45) is 4.99 Å². The summed E-state index contributed by atoms with van der Waals surface area (Å²) in [6, 6.07) is 15.2. The largest absolute Gasteiger partial charge is 0.338 e. The lowest BCUT2D eigenvalue weighted by Crippen LogP contribution is -2.35. The predicted molar refractivity (Wildman–Crippen MR) is 131 cm³/mol. The van der Waals surface area contributed by atoms with Crippen molar-refractivity contribution in [2.75, 3.05) is 5.75 Å². The van der Waals surface area contributed by atoms with Gasteiger partial charge < -0.3 is 9.47 Å². The summed E-state index contributed by atoms with van der Waals surface area (Å²) in [6.07, 6.45) is 2.99. The molecule has 2 aromatic heterocycles. The molecule has 4 heterocycles. The molecule has 0 aliphatic carbocycles. The quantitative estimate of drug-likeness (QED) is 0.459. The number of aromatic nitrogens is 2. The second kappa shape index (κ2) is 8.03. The fourth-order valence-electron chi connectivity index (χ4n) is 4.97. The van der Waals surface area contributed by atoms with Gasteiger partial charge in [-0.1, -0.05) is 42.4 Å². The minimum Gasteiger partial charge on any atom is -0.338 e. The van der Waals surface area contributed by atoms with Crippen LogP contribution in [0.5, 0.6) is 0 Å². The lowest BCUT2D eigenvalue weighted by molar-refractivity contribution is 0.254. The SMILES string of the molecule is CC[C@H]1CSC2=N[C@@H](c3ccccn3)[C@@H](c3cc(C)n(-c4cc(Cl)ccc4C)c3C)N21. The molecule has 0 amide bonds. The third-order valence-corrected chi connectivity index (χ3v) is 7.89. The van der Waals surface area contributed by atoms with E-state index < -0.39 is 0 Å². The van der Waals surface area contributed by atoms with Gasteiger partial charge in [0.25, 0.3) is 0 Å². The van der Waals surface area contributed by atoms with Crippen LogP contribution in [0, 0.1) is 20.8 Å². The van der Waals surface area contributed by atoms with Gasteiger partial charge in [-0.3, -0.25) is 9.98 Å². The number of pyridine rings is 1. The highest BCUT2D eigenvalue weighted by Gasteiger charge is 2.46. The second-order valence-electron chi connectivity index (χ2n) is 8.43. The lowest BCUT2D eigenvalue weighted by Gasteiger charge is -2.32. The molecule has 0 bridgehead atoms. The molecule has 0 spiro atoms. The maximum atomic E-state index is 6.37. The van der Waals surface area contributed by atoms with Crippen LogP contribution in [0.15, 0.2) is 53.7 Å². The molecule has 2 aliphatic heterocycles. The predicted octanol–water partition coefficient (Wildman–Crippen LogP) is 6.43. The summed E-state index contributed by atoms with van der Waals surface area (Å²) in [5, 5.41) is 1.92. The Hall–Kier alpha value is -2.24. The van der Waals surface area contributed by atoms with Crippen LogP contribution in [0.1, 0.15) is 53.6 Å². The highest BCUT2D eigenvalue weighted by Crippen LogP contribution is 2.49. The molecule has 1 aromatic carbocycles. The Morgan fingerprint density at radius 3 is 2.71 bits per heavy atom. The molecular weight excluding hydrogens is 424 g/mol. The van der Waals surface area contributed by atoms with E-state index in [-0.39, 0.29) is 12.1 Å². The fourth-order valence-corrected chi connectivity index (χ4v) is 6.47. The molecule has 0 N–H and O–H groups in total. The van der Waals surface area contributed by atoms with E-state index in [0.717, 1.165) is 33.7 Å². The Kier molecular flexibility index (Phi) is 5.35. The van der Waals surface area contributed by atoms with Crippen molar-refractivity contribution in [3.8, 4) is 5.69 Å². The maximum absolute atomic E-state index is 6.37. The number of fused-ring (bicyclic) bond motifs is 1. The minimum atomic E-state index is 0.00691. The summed E-state index contributed by atoms with van der Waals surface area (Å²) < 4.78 is 2.34. The van der Waals surface area contributed by atoms with E-state index in [0.29, 0.717) is 6.04 Å². The number of amidine groups is 1. The molecule has 4 nitrogen and oxygen atoms in total. The molecular formula is C25H27ClN4S. The number of halogens is 1. The summed E-state index contributed by atoms with van der Waals surface area (Å²) in [4.78, 5) is 12.4. The topological polar surface area (TPSA) is 33.4 Å². The van der Waals surface area contributed by atoms with Crippen molar-refractivity contribution in [1.82, 2.24) is 14.5 Å². The van der Waals surface area contributed by atoms with Crippen molar-refractivity contribution in [3.05, 3.63) is 81.9 Å². The zero-order valence-electron chi connectivity index (χ0n) is 18.3. The first-order chi connectivity index (χ1) is 15.0. The highest BCUT2D eigenvalue weighted by atomic mass is 35.5. The van der Waals surface area contributed by atoms with Crippen molar-refractivity contribution < 1.29 is 0 Å². The average molecular weight is 451 g/mol. The van der Waals surface area contributed by atoms with E-state index in [9.17, 15) is 0 Å². The van der Waals surface area contributed by atoms with Crippen molar-refractivity contribution in [3.63, 3.8) is 0 Å². The van der Waals surface area contributed by atoms with Gasteiger partial charge in [-0.15, -0.1) is 0 Å². The van der Waals surface area contributed by atoms with Gasteiger partial charge in [0, 0.05) is 40.1 Å². The summed E-state index contributed by atoms with van der Waals surface area (Å²) in [5.74, 6) is 1.10. The standard InChI is InChI=1S/C25H27ClN4S/c1-5-19-14-31-25-28-23(21-8-6-7-11-27-21)24(30(19)25)20-12-16(3)29(17(20)4)22-13-18(26)10-9-15(22)2/h6-13,19,23-24H,5,14H2,1-4H3/t19-,23-,24+/m0/s1. The minimum absolute atomic E-state index is 0.00691. The van der Waals surface area contributed by atoms with Crippen LogP contribution in [0.3, 0.4) is 0 Å². The highest BCUT2D eigenvalue weighted by molar-refractivity contribution is 8.14. The van der Waals surface area contributed by atoms with E-state index >= 15 is 0 Å². The van der Waals surface area contributed by atoms with Gasteiger partial charge >= 0.3 is 0 Å². The fraction of sp³-hybridized carbons (Fsp3) is 0.360. The second-order valence-corrected chi connectivity index (χ2v) is 9.85. The molecule has 3 atom stereocenters.